The number of nitrogens with one attached hydrogen (secondary N) is 1. The van der Waals surface area contributed by atoms with Crippen LogP contribution in [0, 0.1) is 0 Å². The van der Waals surface area contributed by atoms with Gasteiger partial charge >= 0.3 is 0 Å². The van der Waals surface area contributed by atoms with E-state index >= 15 is 0 Å². The van der Waals surface area contributed by atoms with Crippen molar-refractivity contribution >= 4 is 10.0 Å². The van der Waals surface area contributed by atoms with Gasteiger partial charge in [0.25, 0.3) is 0 Å². The molecular formula is C14H26N4O3S. The Kier molecular flexibility index (Phi) is 6.37. The number of piperidine rings is 1. The van der Waals surface area contributed by atoms with Gasteiger partial charge in [0.1, 0.15) is 0 Å². The molecule has 8 heteroatoms. The molecule has 2 rings (SSSR count). The summed E-state index contributed by atoms with van der Waals surface area (Å²) in [4.78, 5) is 2.28. The predicted octanol–water partition coefficient (Wildman–Crippen LogP) is 0.0378. The SMILES string of the molecule is CS(=O)(=O)NCC[C@@H]1CCCCN1C[C@H](O)Cn1cccn1. The number of likely N-dealkylation sites (tertiary alicyclic amines) is 1. The smallest absolute Gasteiger partial charge is 0.208 e. The maximum absolute atomic E-state index is 11.1. The van der Waals surface area contributed by atoms with E-state index in [-0.39, 0.29) is 0 Å². The van der Waals surface area contributed by atoms with Crippen LogP contribution in [-0.2, 0) is 16.6 Å². The average molecular weight is 330 g/mol. The minimum Gasteiger partial charge on any atom is -0.390 e. The Balaban J connectivity index is 1.81. The summed E-state index contributed by atoms with van der Waals surface area (Å²) in [6.45, 7) is 2.50. The zero-order valence-corrected chi connectivity index (χ0v) is 13.9. The molecule has 1 aliphatic rings. The Morgan fingerprint density at radius 1 is 1.41 bits per heavy atom. The van der Waals surface area contributed by atoms with Crippen LogP contribution in [0.4, 0.5) is 0 Å². The highest BCUT2D eigenvalue weighted by molar-refractivity contribution is 7.88. The van der Waals surface area contributed by atoms with Crippen LogP contribution in [0.1, 0.15) is 25.7 Å². The van der Waals surface area contributed by atoms with Gasteiger partial charge in [-0.2, -0.15) is 5.10 Å². The number of aromatic nitrogens is 2. The molecule has 0 amide bonds. The van der Waals surface area contributed by atoms with Crippen molar-refractivity contribution in [1.29, 1.82) is 0 Å². The number of aliphatic hydroxyl groups excluding tert-OH is 1. The predicted molar refractivity (Wildman–Crippen MR) is 84.9 cm³/mol. The first-order valence-electron chi connectivity index (χ1n) is 7.78. The number of sulfonamides is 1. The van der Waals surface area contributed by atoms with Crippen LogP contribution in [0.2, 0.25) is 0 Å². The van der Waals surface area contributed by atoms with E-state index in [1.54, 1.807) is 10.9 Å². The molecule has 22 heavy (non-hydrogen) atoms. The monoisotopic (exact) mass is 330 g/mol. The van der Waals surface area contributed by atoms with Crippen molar-refractivity contribution < 1.29 is 13.5 Å². The maximum Gasteiger partial charge on any atom is 0.208 e. The molecule has 0 aliphatic carbocycles. The van der Waals surface area contributed by atoms with Crippen LogP contribution in [0.15, 0.2) is 18.5 Å². The van der Waals surface area contributed by atoms with Gasteiger partial charge in [0.15, 0.2) is 0 Å². The molecule has 1 aromatic rings. The normalized spacial score (nSPS) is 21.8. The van der Waals surface area contributed by atoms with Gasteiger partial charge in [-0.3, -0.25) is 9.58 Å². The maximum atomic E-state index is 11.1. The van der Waals surface area contributed by atoms with E-state index in [1.165, 1.54) is 6.26 Å². The van der Waals surface area contributed by atoms with Crippen LogP contribution in [0.5, 0.6) is 0 Å². The number of hydrogen-bond acceptors (Lipinski definition) is 5. The molecule has 2 N–H and O–H groups in total. The summed E-state index contributed by atoms with van der Waals surface area (Å²) in [5, 5.41) is 14.3. The summed E-state index contributed by atoms with van der Waals surface area (Å²) in [5.74, 6) is 0. The van der Waals surface area contributed by atoms with Crippen LogP contribution >= 0.6 is 0 Å². The summed E-state index contributed by atoms with van der Waals surface area (Å²) < 4.78 is 26.6. The lowest BCUT2D eigenvalue weighted by Gasteiger charge is -2.37. The first kappa shape index (κ1) is 17.4. The van der Waals surface area contributed by atoms with E-state index in [2.05, 4.69) is 14.7 Å². The Morgan fingerprint density at radius 2 is 2.23 bits per heavy atom. The van der Waals surface area contributed by atoms with Gasteiger partial charge in [0, 0.05) is 31.5 Å². The zero-order valence-electron chi connectivity index (χ0n) is 13.1. The zero-order chi connectivity index (χ0) is 16.0. The van der Waals surface area contributed by atoms with Gasteiger partial charge in [0.05, 0.1) is 18.9 Å². The molecule has 7 nitrogen and oxygen atoms in total. The fraction of sp³-hybridized carbons (Fsp3) is 0.786. The quantitative estimate of drug-likeness (QED) is 0.703. The minimum absolute atomic E-state index is 0.329. The molecule has 0 spiro atoms. The van der Waals surface area contributed by atoms with E-state index in [0.29, 0.717) is 25.7 Å². The van der Waals surface area contributed by atoms with Gasteiger partial charge in [-0.05, 0) is 31.9 Å². The van der Waals surface area contributed by atoms with Crippen molar-refractivity contribution in [2.45, 2.75) is 44.4 Å². The van der Waals surface area contributed by atoms with E-state index in [1.807, 2.05) is 12.3 Å². The van der Waals surface area contributed by atoms with Crippen molar-refractivity contribution in [3.8, 4) is 0 Å². The van der Waals surface area contributed by atoms with Crippen LogP contribution in [-0.4, -0.2) is 66.2 Å². The molecule has 0 aromatic carbocycles. The van der Waals surface area contributed by atoms with Gasteiger partial charge in [-0.15, -0.1) is 0 Å². The largest absolute Gasteiger partial charge is 0.390 e. The highest BCUT2D eigenvalue weighted by atomic mass is 32.2. The fourth-order valence-electron chi connectivity index (χ4n) is 2.99. The van der Waals surface area contributed by atoms with Crippen molar-refractivity contribution in [2.24, 2.45) is 0 Å². The second-order valence-corrected chi connectivity index (χ2v) is 7.81. The fourth-order valence-corrected chi connectivity index (χ4v) is 3.48. The highest BCUT2D eigenvalue weighted by Crippen LogP contribution is 2.19. The summed E-state index contributed by atoms with van der Waals surface area (Å²) in [6.07, 6.45) is 8.38. The summed E-state index contributed by atoms with van der Waals surface area (Å²) in [5.41, 5.74) is 0. The standard InChI is InChI=1S/C14H26N4O3S/c1-22(20,21)16-8-6-13-5-2-3-9-17(13)11-14(19)12-18-10-4-7-15-18/h4,7,10,13-14,16,19H,2-3,5-6,8-9,11-12H2,1H3/t13-,14-/m0/s1. The second kappa shape index (κ2) is 8.05. The number of nitrogens with zero attached hydrogens (tertiary/aromatic N) is 3. The lowest BCUT2D eigenvalue weighted by Crippen LogP contribution is -2.45. The van der Waals surface area contributed by atoms with Gasteiger partial charge in [-0.25, -0.2) is 13.1 Å². The molecule has 0 unspecified atom stereocenters. The molecule has 1 saturated heterocycles. The van der Waals surface area contributed by atoms with Gasteiger partial charge in [-0.1, -0.05) is 6.42 Å². The van der Waals surface area contributed by atoms with Crippen molar-refractivity contribution in [3.05, 3.63) is 18.5 Å². The first-order chi connectivity index (χ1) is 10.4. The number of aliphatic hydroxyl groups is 1. The molecule has 1 aromatic heterocycles. The van der Waals surface area contributed by atoms with Gasteiger partial charge < -0.3 is 5.11 Å². The summed E-state index contributed by atoms with van der Waals surface area (Å²) >= 11 is 0. The lowest BCUT2D eigenvalue weighted by atomic mass is 9.99. The van der Waals surface area contributed by atoms with E-state index in [9.17, 15) is 13.5 Å². The molecule has 0 saturated carbocycles. The van der Waals surface area contributed by atoms with E-state index in [4.69, 9.17) is 0 Å². The number of β-amino-alcohol motifs (C(OH)–C–C–N with tert-alkyl or cyclic N) is 1. The second-order valence-electron chi connectivity index (χ2n) is 5.98. The lowest BCUT2D eigenvalue weighted by molar-refractivity contribution is 0.0541. The van der Waals surface area contributed by atoms with Crippen molar-refractivity contribution in [2.75, 3.05) is 25.9 Å². The summed E-state index contributed by atoms with van der Waals surface area (Å²) in [7, 11) is -3.13. The van der Waals surface area contributed by atoms with Crippen molar-refractivity contribution in [1.82, 2.24) is 19.4 Å². The van der Waals surface area contributed by atoms with E-state index < -0.39 is 16.1 Å². The molecular weight excluding hydrogens is 304 g/mol. The Bertz CT molecular complexity index is 532. The third-order valence-corrected chi connectivity index (χ3v) is 4.72. The third-order valence-electron chi connectivity index (χ3n) is 3.99. The third kappa shape index (κ3) is 6.04. The molecule has 1 fully saturated rings. The molecule has 1 aliphatic heterocycles. The van der Waals surface area contributed by atoms with Crippen LogP contribution in [0.3, 0.4) is 0 Å². The Hall–Kier alpha value is -0.960. The molecule has 0 radical (unpaired) electrons. The number of hydrogen-bond donors (Lipinski definition) is 2. The Labute approximate surface area is 132 Å². The average Bonchev–Trinajstić information content (AvgIpc) is 2.92. The van der Waals surface area contributed by atoms with Crippen LogP contribution < -0.4 is 4.72 Å². The minimum atomic E-state index is -3.13. The molecule has 2 heterocycles. The molecule has 126 valence electrons. The highest BCUT2D eigenvalue weighted by Gasteiger charge is 2.24. The molecule has 0 bridgehead atoms. The Morgan fingerprint density at radius 3 is 2.91 bits per heavy atom. The first-order valence-corrected chi connectivity index (χ1v) is 9.67. The van der Waals surface area contributed by atoms with Crippen molar-refractivity contribution in [3.63, 3.8) is 0 Å². The van der Waals surface area contributed by atoms with Crippen LogP contribution in [0.25, 0.3) is 0 Å². The molecule has 2 atom stereocenters. The summed E-state index contributed by atoms with van der Waals surface area (Å²) in [6, 6.07) is 2.17. The number of rotatable bonds is 8. The van der Waals surface area contributed by atoms with Gasteiger partial charge in [0.2, 0.25) is 10.0 Å². The van der Waals surface area contributed by atoms with E-state index in [0.717, 1.165) is 32.2 Å². The topological polar surface area (TPSA) is 87.5 Å².